The standard InChI is InChI=1S/C18H18N4O2/c1-23-13-8-9-15(24-2)14(10-13)16-17(22-18(19)21-16)20-11-12-6-4-3-5-7-12/h3-11H,1-2H3,(H3,19,21,22). The van der Waals surface area contributed by atoms with Crippen LogP contribution in [0.15, 0.2) is 53.5 Å². The fraction of sp³-hybridized carbons (Fsp3) is 0.111. The molecule has 1 aromatic heterocycles. The summed E-state index contributed by atoms with van der Waals surface area (Å²) in [5, 5.41) is 0. The molecule has 0 saturated carbocycles. The zero-order valence-corrected chi connectivity index (χ0v) is 13.5. The van der Waals surface area contributed by atoms with Crippen molar-refractivity contribution in [3.8, 4) is 22.8 Å². The van der Waals surface area contributed by atoms with Crippen LogP contribution in [0.25, 0.3) is 11.3 Å². The number of H-pyrrole nitrogens is 1. The Labute approximate surface area is 140 Å². The molecule has 3 rings (SSSR count). The van der Waals surface area contributed by atoms with Crippen LogP contribution in [0.1, 0.15) is 5.56 Å². The highest BCUT2D eigenvalue weighted by Crippen LogP contribution is 2.37. The Balaban J connectivity index is 2.05. The minimum Gasteiger partial charge on any atom is -0.497 e. The average Bonchev–Trinajstić information content (AvgIpc) is 3.00. The van der Waals surface area contributed by atoms with Gasteiger partial charge in [0.15, 0.2) is 11.8 Å². The number of methoxy groups -OCH3 is 2. The van der Waals surface area contributed by atoms with Crippen molar-refractivity contribution in [1.29, 1.82) is 0 Å². The molecule has 0 spiro atoms. The summed E-state index contributed by atoms with van der Waals surface area (Å²) >= 11 is 0. The summed E-state index contributed by atoms with van der Waals surface area (Å²) in [7, 11) is 3.22. The molecule has 2 aromatic carbocycles. The topological polar surface area (TPSA) is 85.5 Å². The summed E-state index contributed by atoms with van der Waals surface area (Å²) < 4.78 is 10.7. The van der Waals surface area contributed by atoms with Crippen molar-refractivity contribution in [2.75, 3.05) is 20.0 Å². The molecule has 0 bridgehead atoms. The number of aliphatic imine (C=N–C) groups is 1. The van der Waals surface area contributed by atoms with E-state index >= 15 is 0 Å². The van der Waals surface area contributed by atoms with E-state index in [1.54, 1.807) is 20.4 Å². The highest BCUT2D eigenvalue weighted by atomic mass is 16.5. The van der Waals surface area contributed by atoms with E-state index < -0.39 is 0 Å². The van der Waals surface area contributed by atoms with Crippen LogP contribution < -0.4 is 15.2 Å². The zero-order valence-electron chi connectivity index (χ0n) is 13.5. The van der Waals surface area contributed by atoms with Crippen molar-refractivity contribution < 1.29 is 9.47 Å². The molecule has 6 nitrogen and oxygen atoms in total. The Bertz CT molecular complexity index is 857. The van der Waals surface area contributed by atoms with Gasteiger partial charge in [-0.3, -0.25) is 0 Å². The maximum absolute atomic E-state index is 5.84. The van der Waals surface area contributed by atoms with E-state index in [0.29, 0.717) is 23.0 Å². The van der Waals surface area contributed by atoms with Crippen molar-refractivity contribution in [1.82, 2.24) is 9.97 Å². The Kier molecular flexibility index (Phi) is 4.47. The van der Waals surface area contributed by atoms with E-state index in [9.17, 15) is 0 Å². The Morgan fingerprint density at radius 3 is 2.58 bits per heavy atom. The fourth-order valence-electron chi connectivity index (χ4n) is 2.35. The Morgan fingerprint density at radius 1 is 1.08 bits per heavy atom. The van der Waals surface area contributed by atoms with Gasteiger partial charge in [0.05, 0.1) is 19.9 Å². The molecule has 6 heteroatoms. The van der Waals surface area contributed by atoms with Gasteiger partial charge in [-0.15, -0.1) is 0 Å². The number of imidazole rings is 1. The maximum atomic E-state index is 5.84. The summed E-state index contributed by atoms with van der Waals surface area (Å²) in [6, 6.07) is 15.3. The molecule has 3 aromatic rings. The molecule has 0 aliphatic heterocycles. The third-order valence-electron chi connectivity index (χ3n) is 3.51. The molecule has 0 unspecified atom stereocenters. The van der Waals surface area contributed by atoms with E-state index in [2.05, 4.69) is 15.0 Å². The molecule has 0 amide bonds. The number of hydrogen-bond acceptors (Lipinski definition) is 5. The van der Waals surface area contributed by atoms with Gasteiger partial charge < -0.3 is 20.2 Å². The molecule has 3 N–H and O–H groups in total. The molecule has 122 valence electrons. The van der Waals surface area contributed by atoms with Crippen molar-refractivity contribution >= 4 is 18.0 Å². The molecule has 0 atom stereocenters. The molecule has 0 aliphatic carbocycles. The van der Waals surface area contributed by atoms with Gasteiger partial charge in [0, 0.05) is 11.8 Å². The number of nitrogen functional groups attached to an aromatic ring is 1. The third kappa shape index (κ3) is 3.22. The maximum Gasteiger partial charge on any atom is 0.200 e. The van der Waals surface area contributed by atoms with Crippen LogP contribution in [0.3, 0.4) is 0 Å². The fourth-order valence-corrected chi connectivity index (χ4v) is 2.35. The van der Waals surface area contributed by atoms with Crippen molar-refractivity contribution in [2.45, 2.75) is 0 Å². The largest absolute Gasteiger partial charge is 0.497 e. The average molecular weight is 322 g/mol. The minimum atomic E-state index is 0.287. The quantitative estimate of drug-likeness (QED) is 0.705. The van der Waals surface area contributed by atoms with Gasteiger partial charge in [0.2, 0.25) is 0 Å². The van der Waals surface area contributed by atoms with Crippen LogP contribution >= 0.6 is 0 Å². The van der Waals surface area contributed by atoms with Gasteiger partial charge in [0.25, 0.3) is 0 Å². The number of nitrogens with one attached hydrogen (secondary N) is 1. The lowest BCUT2D eigenvalue weighted by Gasteiger charge is -2.09. The number of benzene rings is 2. The van der Waals surface area contributed by atoms with Gasteiger partial charge in [0.1, 0.15) is 11.5 Å². The third-order valence-corrected chi connectivity index (χ3v) is 3.51. The minimum absolute atomic E-state index is 0.287. The first kappa shape index (κ1) is 15.6. The van der Waals surface area contributed by atoms with Gasteiger partial charge in [-0.25, -0.2) is 4.99 Å². The van der Waals surface area contributed by atoms with E-state index in [0.717, 1.165) is 11.1 Å². The predicted molar refractivity (Wildman–Crippen MR) is 95.2 cm³/mol. The van der Waals surface area contributed by atoms with E-state index in [4.69, 9.17) is 15.2 Å². The smallest absolute Gasteiger partial charge is 0.200 e. The molecule has 0 saturated heterocycles. The number of rotatable bonds is 5. The molecule has 1 heterocycles. The zero-order chi connectivity index (χ0) is 16.9. The van der Waals surface area contributed by atoms with Crippen LogP contribution in [-0.4, -0.2) is 30.4 Å². The van der Waals surface area contributed by atoms with Crippen molar-refractivity contribution in [3.63, 3.8) is 0 Å². The Morgan fingerprint density at radius 2 is 1.88 bits per heavy atom. The SMILES string of the molecule is COc1ccc(OC)c(-c2[nH]c(N)nc2N=Cc2ccccc2)c1. The summed E-state index contributed by atoms with van der Waals surface area (Å²) in [6.45, 7) is 0. The van der Waals surface area contributed by atoms with Crippen LogP contribution in [0, 0.1) is 0 Å². The molecule has 24 heavy (non-hydrogen) atoms. The van der Waals surface area contributed by atoms with Crippen molar-refractivity contribution in [3.05, 3.63) is 54.1 Å². The van der Waals surface area contributed by atoms with Crippen LogP contribution in [0.2, 0.25) is 0 Å². The van der Waals surface area contributed by atoms with E-state index in [1.807, 2.05) is 48.5 Å². The predicted octanol–water partition coefficient (Wildman–Crippen LogP) is 3.43. The summed E-state index contributed by atoms with van der Waals surface area (Å²) in [5.41, 5.74) is 8.27. The first-order valence-corrected chi connectivity index (χ1v) is 7.38. The molecule has 0 aliphatic rings. The molecular formula is C18H18N4O2. The first-order valence-electron chi connectivity index (χ1n) is 7.38. The highest BCUT2D eigenvalue weighted by Gasteiger charge is 2.15. The number of hydrogen-bond donors (Lipinski definition) is 2. The van der Waals surface area contributed by atoms with Crippen LogP contribution in [-0.2, 0) is 0 Å². The van der Waals surface area contributed by atoms with Crippen LogP contribution in [0.5, 0.6) is 11.5 Å². The van der Waals surface area contributed by atoms with E-state index in [-0.39, 0.29) is 5.95 Å². The number of nitrogens with zero attached hydrogens (tertiary/aromatic N) is 2. The lowest BCUT2D eigenvalue weighted by molar-refractivity contribution is 0.404. The molecule has 0 radical (unpaired) electrons. The van der Waals surface area contributed by atoms with Gasteiger partial charge >= 0.3 is 0 Å². The monoisotopic (exact) mass is 322 g/mol. The normalized spacial score (nSPS) is 10.9. The molecule has 0 fully saturated rings. The second kappa shape index (κ2) is 6.87. The first-order chi connectivity index (χ1) is 11.7. The Hall–Kier alpha value is -3.28. The number of aromatic amines is 1. The summed E-state index contributed by atoms with van der Waals surface area (Å²) in [5.74, 6) is 2.16. The van der Waals surface area contributed by atoms with Gasteiger partial charge in [-0.05, 0) is 23.8 Å². The second-order valence-electron chi connectivity index (χ2n) is 5.06. The number of anilines is 1. The number of aromatic nitrogens is 2. The number of nitrogens with two attached hydrogens (primary N) is 1. The highest BCUT2D eigenvalue weighted by molar-refractivity contribution is 5.85. The second-order valence-corrected chi connectivity index (χ2v) is 5.06. The van der Waals surface area contributed by atoms with Gasteiger partial charge in [-0.2, -0.15) is 4.98 Å². The lowest BCUT2D eigenvalue weighted by Crippen LogP contribution is -1.91. The lowest BCUT2D eigenvalue weighted by atomic mass is 10.1. The number of ether oxygens (including phenoxy) is 2. The van der Waals surface area contributed by atoms with Gasteiger partial charge in [-0.1, -0.05) is 30.3 Å². The summed E-state index contributed by atoms with van der Waals surface area (Å²) in [6.07, 6.45) is 1.74. The van der Waals surface area contributed by atoms with Crippen molar-refractivity contribution in [2.24, 2.45) is 4.99 Å². The van der Waals surface area contributed by atoms with Crippen LogP contribution in [0.4, 0.5) is 11.8 Å². The van der Waals surface area contributed by atoms with E-state index in [1.165, 1.54) is 0 Å². The molecular weight excluding hydrogens is 304 g/mol. The summed E-state index contributed by atoms with van der Waals surface area (Å²) in [4.78, 5) is 11.8.